The molecule has 12 heteroatoms. The van der Waals surface area contributed by atoms with E-state index in [1.165, 1.54) is 0 Å². The van der Waals surface area contributed by atoms with Crippen LogP contribution in [0.25, 0.3) is 0 Å². The minimum absolute atomic E-state index is 0.0369. The zero-order chi connectivity index (χ0) is 27.6. The van der Waals surface area contributed by atoms with Crippen molar-refractivity contribution in [2.75, 3.05) is 17.2 Å². The Morgan fingerprint density at radius 1 is 0.795 bits per heavy atom. The topological polar surface area (TPSA) is 164 Å². The molecule has 2 bridgehead atoms. The van der Waals surface area contributed by atoms with Gasteiger partial charge in [-0.15, -0.1) is 0 Å². The van der Waals surface area contributed by atoms with Crippen LogP contribution in [0.3, 0.4) is 0 Å². The van der Waals surface area contributed by atoms with E-state index in [1.54, 1.807) is 0 Å². The summed E-state index contributed by atoms with van der Waals surface area (Å²) in [6, 6.07) is 16.0. The number of nitrogens with one attached hydrogen (secondary N) is 4. The van der Waals surface area contributed by atoms with Crippen LogP contribution in [-0.4, -0.2) is 57.3 Å². The second kappa shape index (κ2) is 13.5. The molecule has 3 amide bonds. The molecule has 0 fully saturated rings. The number of fused-ring (bicyclic) bond motifs is 2. The van der Waals surface area contributed by atoms with Gasteiger partial charge in [-0.2, -0.15) is 15.0 Å². The number of rotatable bonds is 5. The molecule has 0 saturated heterocycles. The molecule has 0 saturated carbocycles. The molecule has 204 valence electrons. The van der Waals surface area contributed by atoms with Gasteiger partial charge < -0.3 is 27.0 Å². The number of hydrogen-bond donors (Lipinski definition) is 5. The number of amides is 3. The van der Waals surface area contributed by atoms with Crippen LogP contribution in [0.5, 0.6) is 0 Å². The van der Waals surface area contributed by atoms with Gasteiger partial charge in [0.05, 0.1) is 0 Å². The first-order valence-corrected chi connectivity index (χ1v) is 13.1. The van der Waals surface area contributed by atoms with Gasteiger partial charge in [-0.25, -0.2) is 0 Å². The Morgan fingerprint density at radius 2 is 1.36 bits per heavy atom. The minimum Gasteiger partial charge on any atom is -0.368 e. The lowest BCUT2D eigenvalue weighted by Gasteiger charge is -2.25. The number of hydrogen-bond acceptors (Lipinski definition) is 8. The maximum Gasteiger partial charge on any atom is 0.243 e. The first kappa shape index (κ1) is 27.8. The summed E-state index contributed by atoms with van der Waals surface area (Å²) >= 11 is 6.15. The Balaban J connectivity index is 1.67. The molecule has 1 aromatic heterocycles. The van der Waals surface area contributed by atoms with E-state index in [2.05, 4.69) is 36.2 Å². The monoisotopic (exact) mass is 550 g/mol. The number of nitrogens with two attached hydrogens (primary N) is 1. The molecule has 11 nitrogen and oxygen atoms in total. The molecule has 0 unspecified atom stereocenters. The van der Waals surface area contributed by atoms with Gasteiger partial charge in [-0.3, -0.25) is 14.4 Å². The van der Waals surface area contributed by atoms with E-state index in [0.29, 0.717) is 25.8 Å². The highest BCUT2D eigenvalue weighted by Gasteiger charge is 2.29. The highest BCUT2D eigenvalue weighted by molar-refractivity contribution is 6.28. The van der Waals surface area contributed by atoms with Gasteiger partial charge in [0.1, 0.15) is 18.1 Å². The lowest BCUT2D eigenvalue weighted by Crippen LogP contribution is -2.56. The lowest BCUT2D eigenvalue weighted by molar-refractivity contribution is -0.131. The predicted molar refractivity (Wildman–Crippen MR) is 148 cm³/mol. The second-order valence-electron chi connectivity index (χ2n) is 9.28. The van der Waals surface area contributed by atoms with Crippen molar-refractivity contribution in [2.45, 2.75) is 50.2 Å². The fourth-order valence-electron chi connectivity index (χ4n) is 4.27. The van der Waals surface area contributed by atoms with E-state index in [9.17, 15) is 14.4 Å². The Labute approximate surface area is 231 Å². The number of halogens is 1. The van der Waals surface area contributed by atoms with E-state index in [1.807, 2.05) is 60.7 Å². The predicted octanol–water partition coefficient (Wildman–Crippen LogP) is 1.84. The quantitative estimate of drug-likeness (QED) is 0.321. The maximum atomic E-state index is 13.7. The third kappa shape index (κ3) is 8.37. The fourth-order valence-corrected chi connectivity index (χ4v) is 4.43. The van der Waals surface area contributed by atoms with Gasteiger partial charge >= 0.3 is 0 Å². The van der Waals surface area contributed by atoms with Crippen LogP contribution in [0.4, 0.5) is 11.9 Å². The minimum atomic E-state index is -0.964. The van der Waals surface area contributed by atoms with Crippen molar-refractivity contribution in [3.05, 3.63) is 77.1 Å². The van der Waals surface area contributed by atoms with Gasteiger partial charge in [0.25, 0.3) is 0 Å². The summed E-state index contributed by atoms with van der Waals surface area (Å²) < 4.78 is 0. The summed E-state index contributed by atoms with van der Waals surface area (Å²) in [6.07, 6.45) is 2.10. The van der Waals surface area contributed by atoms with Crippen molar-refractivity contribution in [3.63, 3.8) is 0 Å². The molecule has 0 spiro atoms. The summed E-state index contributed by atoms with van der Waals surface area (Å²) in [6.45, 7) is 0.490. The van der Waals surface area contributed by atoms with Crippen LogP contribution in [0.15, 0.2) is 60.7 Å². The van der Waals surface area contributed by atoms with E-state index in [-0.39, 0.29) is 30.0 Å². The van der Waals surface area contributed by atoms with E-state index >= 15 is 0 Å². The van der Waals surface area contributed by atoms with Crippen molar-refractivity contribution >= 4 is 41.2 Å². The van der Waals surface area contributed by atoms with Crippen molar-refractivity contribution in [1.82, 2.24) is 25.6 Å². The molecule has 1 aliphatic heterocycles. The highest BCUT2D eigenvalue weighted by atomic mass is 35.5. The zero-order valence-corrected chi connectivity index (χ0v) is 22.0. The van der Waals surface area contributed by atoms with Crippen molar-refractivity contribution < 1.29 is 14.4 Å². The number of carbonyl (C=O) groups excluding carboxylic acids is 3. The molecule has 1 aliphatic rings. The summed E-state index contributed by atoms with van der Waals surface area (Å²) in [7, 11) is 0. The van der Waals surface area contributed by atoms with Crippen LogP contribution < -0.4 is 27.0 Å². The van der Waals surface area contributed by atoms with Crippen LogP contribution in [0.1, 0.15) is 30.4 Å². The Kier molecular flexibility index (Phi) is 9.63. The summed E-state index contributed by atoms with van der Waals surface area (Å²) in [5.41, 5.74) is 7.32. The van der Waals surface area contributed by atoms with Crippen LogP contribution in [0.2, 0.25) is 5.28 Å². The Hall–Kier alpha value is -4.25. The van der Waals surface area contributed by atoms with Crippen molar-refractivity contribution in [2.24, 2.45) is 5.73 Å². The molecule has 3 atom stereocenters. The van der Waals surface area contributed by atoms with Crippen LogP contribution in [-0.2, 0) is 27.2 Å². The third-order valence-electron chi connectivity index (χ3n) is 6.29. The smallest absolute Gasteiger partial charge is 0.243 e. The molecule has 4 rings (SSSR count). The van der Waals surface area contributed by atoms with E-state index < -0.39 is 35.8 Å². The SMILES string of the molecule is NC(=O)[C@H]1CCCCNc2nc(Cl)nc(n2)N[C@@H](Cc2ccccc2)C(=O)N[C@@H](Cc2ccccc2)C(=O)N1. The molecule has 2 heterocycles. The Morgan fingerprint density at radius 3 is 1.97 bits per heavy atom. The van der Waals surface area contributed by atoms with Crippen molar-refractivity contribution in [1.29, 1.82) is 0 Å². The molecule has 3 aromatic rings. The number of benzene rings is 2. The van der Waals surface area contributed by atoms with E-state index in [4.69, 9.17) is 17.3 Å². The first-order valence-electron chi connectivity index (χ1n) is 12.8. The number of carbonyl (C=O) groups is 3. The first-order chi connectivity index (χ1) is 18.9. The van der Waals surface area contributed by atoms with Gasteiger partial charge in [0.15, 0.2) is 0 Å². The van der Waals surface area contributed by atoms with Gasteiger partial charge in [-0.05, 0) is 42.0 Å². The third-order valence-corrected chi connectivity index (χ3v) is 6.46. The van der Waals surface area contributed by atoms with Crippen LogP contribution in [0, 0.1) is 0 Å². The standard InChI is InChI=1S/C27H31ClN8O3/c28-25-34-26-30-14-8-7-13-19(22(29)37)31-23(38)20(15-17-9-3-1-4-10-17)32-24(39)21(33-27(35-25)36-26)16-18-11-5-2-6-12-18/h1-6,9-12,19-21H,7-8,13-16H2,(H2,29,37)(H,31,38)(H,32,39)(H2,30,33,34,35,36)/t19-,20+,21+/m1/s1. The molecule has 0 radical (unpaired) electrons. The van der Waals surface area contributed by atoms with E-state index in [0.717, 1.165) is 11.1 Å². The van der Waals surface area contributed by atoms with Gasteiger partial charge in [0, 0.05) is 19.4 Å². The number of anilines is 2. The molecule has 2 aromatic carbocycles. The van der Waals surface area contributed by atoms with Crippen molar-refractivity contribution in [3.8, 4) is 0 Å². The summed E-state index contributed by atoms with van der Waals surface area (Å²) in [5, 5.41) is 11.7. The maximum absolute atomic E-state index is 13.7. The number of nitrogens with zero attached hydrogens (tertiary/aromatic N) is 3. The van der Waals surface area contributed by atoms with Crippen LogP contribution >= 0.6 is 11.6 Å². The molecular weight excluding hydrogens is 520 g/mol. The fraction of sp³-hybridized carbons (Fsp3) is 0.333. The Bertz CT molecular complexity index is 1280. The largest absolute Gasteiger partial charge is 0.368 e. The highest BCUT2D eigenvalue weighted by Crippen LogP contribution is 2.15. The van der Waals surface area contributed by atoms with Gasteiger partial charge in [-0.1, -0.05) is 60.7 Å². The average molecular weight is 551 g/mol. The second-order valence-corrected chi connectivity index (χ2v) is 9.61. The molecular formula is C27H31ClN8O3. The molecule has 39 heavy (non-hydrogen) atoms. The average Bonchev–Trinajstić information content (AvgIpc) is 2.91. The summed E-state index contributed by atoms with van der Waals surface area (Å²) in [5.74, 6) is -1.21. The normalized spacial score (nSPS) is 20.6. The number of primary amides is 1. The molecule has 6 N–H and O–H groups in total. The molecule has 0 aliphatic carbocycles. The summed E-state index contributed by atoms with van der Waals surface area (Å²) in [4.78, 5) is 51.9. The van der Waals surface area contributed by atoms with Gasteiger partial charge in [0.2, 0.25) is 34.9 Å². The zero-order valence-electron chi connectivity index (χ0n) is 21.3. The number of aromatic nitrogens is 3. The lowest BCUT2D eigenvalue weighted by atomic mass is 10.0.